The van der Waals surface area contributed by atoms with Crippen molar-refractivity contribution in [1.29, 1.82) is 0 Å². The number of hydrogen-bond donors (Lipinski definition) is 2. The van der Waals surface area contributed by atoms with Crippen molar-refractivity contribution >= 4 is 11.6 Å². The summed E-state index contributed by atoms with van der Waals surface area (Å²) in [4.78, 5) is 17.1. The van der Waals surface area contributed by atoms with Gasteiger partial charge in [-0.3, -0.25) is 4.79 Å². The molecule has 3 N–H and O–H groups in total. The molecule has 2 aromatic carbocycles. The molecule has 5 nitrogen and oxygen atoms in total. The first-order valence-corrected chi connectivity index (χ1v) is 11.2. The number of anilines is 1. The summed E-state index contributed by atoms with van der Waals surface area (Å²) < 4.78 is 0. The Kier molecular flexibility index (Phi) is 7.75. The molecule has 0 aromatic heterocycles. The number of hydrogen-bond acceptors (Lipinski definition) is 3. The van der Waals surface area contributed by atoms with E-state index in [2.05, 4.69) is 55.3 Å². The van der Waals surface area contributed by atoms with Gasteiger partial charge in [-0.2, -0.15) is 0 Å². The van der Waals surface area contributed by atoms with Gasteiger partial charge in [-0.15, -0.1) is 0 Å². The summed E-state index contributed by atoms with van der Waals surface area (Å²) in [5.74, 6) is 0.956. The maximum atomic E-state index is 12.8. The lowest BCUT2D eigenvalue weighted by molar-refractivity contribution is -0.692. The fraction of sp³-hybridized carbons (Fsp3) is 0.480. The monoisotopic (exact) mass is 410 g/mol. The molecule has 3 rings (SSSR count). The van der Waals surface area contributed by atoms with Crippen molar-refractivity contribution in [2.45, 2.75) is 39.7 Å². The second-order valence-electron chi connectivity index (χ2n) is 8.59. The molecule has 1 amide bonds. The van der Waals surface area contributed by atoms with Crippen LogP contribution in [0.5, 0.6) is 5.75 Å². The Morgan fingerprint density at radius 1 is 1.00 bits per heavy atom. The average molecular weight is 411 g/mol. The summed E-state index contributed by atoms with van der Waals surface area (Å²) in [6, 6.07) is 16.5. The van der Waals surface area contributed by atoms with E-state index >= 15 is 0 Å². The molecule has 0 bridgehead atoms. The van der Waals surface area contributed by atoms with Crippen LogP contribution < -0.4 is 10.2 Å². The number of carbonyl (C=O) groups excluding carboxylic acids is 1. The largest absolute Gasteiger partial charge is 0.508 e. The van der Waals surface area contributed by atoms with Gasteiger partial charge in [-0.25, -0.2) is 0 Å². The van der Waals surface area contributed by atoms with Crippen molar-refractivity contribution in [3.63, 3.8) is 0 Å². The highest BCUT2D eigenvalue weighted by Crippen LogP contribution is 2.20. The Morgan fingerprint density at radius 2 is 1.63 bits per heavy atom. The molecule has 5 heteroatoms. The van der Waals surface area contributed by atoms with Crippen LogP contribution >= 0.6 is 0 Å². The van der Waals surface area contributed by atoms with Gasteiger partial charge in [0.05, 0.1) is 0 Å². The lowest BCUT2D eigenvalue weighted by atomic mass is 9.94. The lowest BCUT2D eigenvalue weighted by Crippen LogP contribution is -2.88. The molecule has 162 valence electrons. The topological polar surface area (TPSA) is 60.4 Å². The number of carbonyl (C=O) groups is 1. The van der Waals surface area contributed by atoms with Crippen LogP contribution in [0.4, 0.5) is 5.69 Å². The Labute approximate surface area is 180 Å². The quantitative estimate of drug-likeness (QED) is 0.703. The first-order valence-electron chi connectivity index (χ1n) is 11.2. The number of amides is 1. The van der Waals surface area contributed by atoms with Gasteiger partial charge in [-0.1, -0.05) is 51.5 Å². The first kappa shape index (κ1) is 22.2. The van der Waals surface area contributed by atoms with Gasteiger partial charge in [0.25, 0.3) is 5.91 Å². The Morgan fingerprint density at radius 3 is 2.20 bits per heavy atom. The van der Waals surface area contributed by atoms with Crippen LogP contribution in [-0.2, 0) is 11.2 Å². The molecule has 1 atom stereocenters. The number of aryl methyl sites for hydroxylation is 1. The summed E-state index contributed by atoms with van der Waals surface area (Å²) in [7, 11) is 0. The van der Waals surface area contributed by atoms with Crippen molar-refractivity contribution in [2.24, 2.45) is 5.92 Å². The number of phenols is 1. The lowest BCUT2D eigenvalue weighted by Gasteiger charge is -2.36. The normalized spacial score (nSPS) is 15.5. The third-order valence-electron chi connectivity index (χ3n) is 6.02. The SMILES string of the molecule is CCCc1ccc([C@H]([NH2+]CC(=O)N2CCN(c3ccc(O)cc3)CC2)C(C)C)cc1. The molecule has 2 aromatic rings. The highest BCUT2D eigenvalue weighted by molar-refractivity contribution is 5.77. The molecular formula is C25H36N3O2+. The number of piperazine rings is 1. The average Bonchev–Trinajstić information content (AvgIpc) is 2.75. The molecular weight excluding hydrogens is 374 g/mol. The van der Waals surface area contributed by atoms with Crippen LogP contribution in [0.25, 0.3) is 0 Å². The number of rotatable bonds is 8. The third-order valence-corrected chi connectivity index (χ3v) is 6.02. The molecule has 1 aliphatic heterocycles. The van der Waals surface area contributed by atoms with E-state index in [1.54, 1.807) is 12.1 Å². The highest BCUT2D eigenvalue weighted by atomic mass is 16.3. The summed E-state index contributed by atoms with van der Waals surface area (Å²) in [5.41, 5.74) is 3.78. The highest BCUT2D eigenvalue weighted by Gasteiger charge is 2.25. The molecule has 1 fully saturated rings. The van der Waals surface area contributed by atoms with Crippen molar-refractivity contribution in [2.75, 3.05) is 37.6 Å². The first-order chi connectivity index (χ1) is 14.5. The summed E-state index contributed by atoms with van der Waals surface area (Å²) in [5, 5.41) is 11.7. The van der Waals surface area contributed by atoms with Crippen LogP contribution in [0.15, 0.2) is 48.5 Å². The van der Waals surface area contributed by atoms with Crippen LogP contribution in [0.1, 0.15) is 44.4 Å². The Hall–Kier alpha value is -2.53. The van der Waals surface area contributed by atoms with Crippen molar-refractivity contribution < 1.29 is 15.2 Å². The van der Waals surface area contributed by atoms with E-state index in [4.69, 9.17) is 0 Å². The minimum Gasteiger partial charge on any atom is -0.508 e. The number of quaternary nitrogens is 1. The van der Waals surface area contributed by atoms with E-state index in [0.29, 0.717) is 18.5 Å². The molecule has 1 saturated heterocycles. The second kappa shape index (κ2) is 10.5. The van der Waals surface area contributed by atoms with Crippen LogP contribution in [-0.4, -0.2) is 48.6 Å². The van der Waals surface area contributed by atoms with Gasteiger partial charge in [-0.05, 0) is 36.2 Å². The van der Waals surface area contributed by atoms with E-state index < -0.39 is 0 Å². The smallest absolute Gasteiger partial charge is 0.277 e. The molecule has 1 heterocycles. The van der Waals surface area contributed by atoms with E-state index in [1.807, 2.05) is 17.0 Å². The van der Waals surface area contributed by atoms with Crippen molar-refractivity contribution in [1.82, 2.24) is 4.90 Å². The van der Waals surface area contributed by atoms with Crippen molar-refractivity contribution in [3.8, 4) is 5.75 Å². The van der Waals surface area contributed by atoms with Gasteiger partial charge in [0.1, 0.15) is 11.8 Å². The molecule has 0 saturated carbocycles. The predicted octanol–water partition coefficient (Wildman–Crippen LogP) is 2.95. The number of benzene rings is 2. The molecule has 0 unspecified atom stereocenters. The van der Waals surface area contributed by atoms with E-state index in [-0.39, 0.29) is 11.7 Å². The molecule has 30 heavy (non-hydrogen) atoms. The zero-order chi connectivity index (χ0) is 21.5. The van der Waals surface area contributed by atoms with Crippen LogP contribution in [0.3, 0.4) is 0 Å². The van der Waals surface area contributed by atoms with E-state index in [0.717, 1.165) is 44.7 Å². The zero-order valence-electron chi connectivity index (χ0n) is 18.6. The summed E-state index contributed by atoms with van der Waals surface area (Å²) in [6.07, 6.45) is 2.28. The fourth-order valence-corrected chi connectivity index (χ4v) is 4.22. The maximum absolute atomic E-state index is 12.8. The zero-order valence-corrected chi connectivity index (χ0v) is 18.6. The molecule has 1 aliphatic rings. The number of nitrogens with zero attached hydrogens (tertiary/aromatic N) is 2. The Bertz CT molecular complexity index is 794. The van der Waals surface area contributed by atoms with E-state index in [9.17, 15) is 9.90 Å². The summed E-state index contributed by atoms with van der Waals surface area (Å²) >= 11 is 0. The summed E-state index contributed by atoms with van der Waals surface area (Å²) in [6.45, 7) is 10.3. The van der Waals surface area contributed by atoms with Gasteiger partial charge in [0.2, 0.25) is 0 Å². The van der Waals surface area contributed by atoms with Gasteiger partial charge >= 0.3 is 0 Å². The second-order valence-corrected chi connectivity index (χ2v) is 8.59. The molecule has 0 radical (unpaired) electrons. The molecule has 0 spiro atoms. The van der Waals surface area contributed by atoms with Gasteiger partial charge < -0.3 is 20.2 Å². The molecule has 0 aliphatic carbocycles. The Balaban J connectivity index is 1.51. The van der Waals surface area contributed by atoms with Crippen molar-refractivity contribution in [3.05, 3.63) is 59.7 Å². The van der Waals surface area contributed by atoms with Gasteiger partial charge in [0, 0.05) is 43.3 Å². The standard InChI is InChI=1S/C25H35N3O2/c1-4-5-20-6-8-21(9-7-20)25(19(2)3)26-18-24(30)28-16-14-27(15-17-28)22-10-12-23(29)13-11-22/h6-13,19,25-26,29H,4-5,14-18H2,1-3H3/p+1/t25-/m1/s1. The fourth-order valence-electron chi connectivity index (χ4n) is 4.22. The number of aromatic hydroxyl groups is 1. The van der Waals surface area contributed by atoms with E-state index in [1.165, 1.54) is 11.1 Å². The number of phenolic OH excluding ortho intramolecular Hbond substituents is 1. The minimum absolute atomic E-state index is 0.216. The van der Waals surface area contributed by atoms with Gasteiger partial charge in [0.15, 0.2) is 6.54 Å². The minimum atomic E-state index is 0.216. The van der Waals surface area contributed by atoms with Crippen LogP contribution in [0.2, 0.25) is 0 Å². The predicted molar refractivity (Wildman–Crippen MR) is 122 cm³/mol. The van der Waals surface area contributed by atoms with Crippen LogP contribution in [0, 0.1) is 5.92 Å². The number of nitrogens with two attached hydrogens (primary N) is 1. The maximum Gasteiger partial charge on any atom is 0.277 e. The third kappa shape index (κ3) is 5.76.